The zero-order valence-corrected chi connectivity index (χ0v) is 19.2. The van der Waals surface area contributed by atoms with Gasteiger partial charge < -0.3 is 34.4 Å². The number of hydrogen-bond donors (Lipinski definition) is 0. The number of ether oxygens (including phenoxy) is 1. The fourth-order valence-electron chi connectivity index (χ4n) is 1.60. The van der Waals surface area contributed by atoms with E-state index in [1.807, 2.05) is 20.8 Å². The molecule has 30 heavy (non-hydrogen) atoms. The number of carboxylic acid groups (broad SMARTS) is 3. The van der Waals surface area contributed by atoms with E-state index in [2.05, 4.69) is 0 Å². The van der Waals surface area contributed by atoms with Crippen molar-refractivity contribution in [3.63, 3.8) is 0 Å². The Morgan fingerprint density at radius 2 is 0.933 bits per heavy atom. The van der Waals surface area contributed by atoms with Gasteiger partial charge in [0.2, 0.25) is 0 Å². The number of carboxylic acids is 3. The third-order valence-corrected chi connectivity index (χ3v) is 2.69. The first kappa shape index (κ1) is 35.5. The second-order valence-corrected chi connectivity index (χ2v) is 5.81. The smallest absolute Gasteiger partial charge is 0.550 e. The molecule has 0 aromatic carbocycles. The number of carbonyl (C=O) groups is 6. The van der Waals surface area contributed by atoms with Gasteiger partial charge in [0, 0.05) is 56.6 Å². The Hall–Kier alpha value is -1.91. The Kier molecular flexibility index (Phi) is 29.8. The molecule has 169 valence electrons. The monoisotopic (exact) mass is 465 g/mol. The summed E-state index contributed by atoms with van der Waals surface area (Å²) in [4.78, 5) is 60.8. The summed E-state index contributed by atoms with van der Waals surface area (Å²) < 4.78 is 4.80. The molecule has 0 saturated carbocycles. The average molecular weight is 465 g/mol. The van der Waals surface area contributed by atoms with Crippen LogP contribution in [-0.4, -0.2) is 48.5 Å². The van der Waals surface area contributed by atoms with Crippen molar-refractivity contribution in [2.24, 2.45) is 0 Å². The molecule has 0 unspecified atom stereocenters. The van der Waals surface area contributed by atoms with E-state index in [1.165, 1.54) is 0 Å². The second kappa shape index (κ2) is 25.1. The van der Waals surface area contributed by atoms with Crippen LogP contribution in [0.1, 0.15) is 72.1 Å². The molecular formula is C19H29O10Ti. The molecule has 0 heterocycles. The summed E-state index contributed by atoms with van der Waals surface area (Å²) in [5.41, 5.74) is 0. The van der Waals surface area contributed by atoms with E-state index in [-0.39, 0.29) is 39.9 Å². The number of hydrogen-bond acceptors (Lipinski definition) is 10. The summed E-state index contributed by atoms with van der Waals surface area (Å²) in [6.45, 7) is 5.92. The van der Waals surface area contributed by atoms with Gasteiger partial charge in [0.05, 0.1) is 0 Å². The first-order chi connectivity index (χ1) is 13.5. The van der Waals surface area contributed by atoms with Crippen LogP contribution in [0.2, 0.25) is 0 Å². The molecule has 0 aliphatic heterocycles. The van der Waals surface area contributed by atoms with Gasteiger partial charge >= 0.3 is 21.7 Å². The van der Waals surface area contributed by atoms with Crippen LogP contribution in [0, 0.1) is 0 Å². The minimum Gasteiger partial charge on any atom is -0.550 e. The van der Waals surface area contributed by atoms with E-state index < -0.39 is 43.0 Å². The molecule has 0 aromatic heterocycles. The van der Waals surface area contributed by atoms with Gasteiger partial charge in [-0.05, 0) is 19.3 Å². The van der Waals surface area contributed by atoms with Crippen LogP contribution >= 0.6 is 0 Å². The zero-order valence-electron chi connectivity index (χ0n) is 17.7. The molecule has 0 atom stereocenters. The second-order valence-electron chi connectivity index (χ2n) is 5.81. The van der Waals surface area contributed by atoms with Crippen LogP contribution < -0.4 is 15.3 Å². The Balaban J connectivity index is -0.000000167. The fourth-order valence-corrected chi connectivity index (χ4v) is 1.60. The van der Waals surface area contributed by atoms with E-state index in [9.17, 15) is 44.1 Å². The number of ketones is 3. The van der Waals surface area contributed by atoms with E-state index in [1.54, 1.807) is 0 Å². The molecule has 0 aliphatic rings. The molecule has 11 heteroatoms. The number of carbonyl (C=O) groups excluding carboxylic acids is 6. The summed E-state index contributed by atoms with van der Waals surface area (Å²) in [5.74, 6) is -4.87. The average Bonchev–Trinajstić information content (AvgIpc) is 2.54. The van der Waals surface area contributed by atoms with Crippen molar-refractivity contribution in [2.45, 2.75) is 72.1 Å². The number of aliphatic carboxylic acids is 3. The molecule has 0 rings (SSSR count). The first-order valence-corrected chi connectivity index (χ1v) is 9.22. The van der Waals surface area contributed by atoms with Crippen LogP contribution in [0.15, 0.2) is 0 Å². The third kappa shape index (κ3) is 36.9. The SMILES string of the molecule is CCCC(=O)CC(=O)[O-].CCCC(=O)CC(=O)[O-].CCCOCC(=O)CC(=O)[O-].[Ti+3]. The Morgan fingerprint density at radius 3 is 1.20 bits per heavy atom. The Labute approximate surface area is 191 Å². The maximum atomic E-state index is 10.6. The van der Waals surface area contributed by atoms with Crippen molar-refractivity contribution in [2.75, 3.05) is 13.2 Å². The molecule has 0 aromatic rings. The van der Waals surface area contributed by atoms with Gasteiger partial charge in [0.25, 0.3) is 0 Å². The Morgan fingerprint density at radius 1 is 0.600 bits per heavy atom. The predicted molar refractivity (Wildman–Crippen MR) is 94.8 cm³/mol. The summed E-state index contributed by atoms with van der Waals surface area (Å²) in [6.07, 6.45) is 1.48. The summed E-state index contributed by atoms with van der Waals surface area (Å²) >= 11 is 0. The van der Waals surface area contributed by atoms with Crippen molar-refractivity contribution in [1.82, 2.24) is 0 Å². The van der Waals surface area contributed by atoms with Gasteiger partial charge in [0.15, 0.2) is 5.78 Å². The number of rotatable bonds is 14. The van der Waals surface area contributed by atoms with Gasteiger partial charge in [-0.15, -0.1) is 0 Å². The van der Waals surface area contributed by atoms with Gasteiger partial charge in [-0.1, -0.05) is 20.8 Å². The third-order valence-electron chi connectivity index (χ3n) is 2.69. The van der Waals surface area contributed by atoms with Crippen molar-refractivity contribution in [3.8, 4) is 0 Å². The Bertz CT molecular complexity index is 501. The largest absolute Gasteiger partial charge is 3.00 e. The molecule has 0 N–H and O–H groups in total. The number of Topliss-reactive ketones (excluding diaryl/α,β-unsaturated/α-hetero) is 3. The van der Waals surface area contributed by atoms with Gasteiger partial charge in [-0.3, -0.25) is 14.4 Å². The first-order valence-electron chi connectivity index (χ1n) is 9.22. The molecule has 0 aliphatic carbocycles. The predicted octanol–water partition coefficient (Wildman–Crippen LogP) is -1.89. The topological polar surface area (TPSA) is 181 Å². The quantitative estimate of drug-likeness (QED) is 0.160. The molecule has 0 saturated heterocycles. The summed E-state index contributed by atoms with van der Waals surface area (Å²) in [5, 5.41) is 29.4. The van der Waals surface area contributed by atoms with E-state index in [0.717, 1.165) is 6.42 Å². The molecule has 0 bridgehead atoms. The van der Waals surface area contributed by atoms with Gasteiger partial charge in [-0.2, -0.15) is 0 Å². The zero-order chi connectivity index (χ0) is 23.2. The minimum atomic E-state index is -1.35. The van der Waals surface area contributed by atoms with Crippen molar-refractivity contribution >= 4 is 35.3 Å². The standard InChI is InChI=1S/C7H12O4.2C6H10O3.Ti/c1-2-3-11-5-6(8)4-7(9)10;2*1-2-3-5(7)4-6(8)9;/h2-5H2,1H3,(H,9,10);2*2-4H2,1H3,(H,8,9);/q;;;+3/p-3. The van der Waals surface area contributed by atoms with Crippen molar-refractivity contribution in [3.05, 3.63) is 0 Å². The molecule has 10 nitrogen and oxygen atoms in total. The molecule has 0 spiro atoms. The van der Waals surface area contributed by atoms with Gasteiger partial charge in [0.1, 0.15) is 18.2 Å². The molecule has 0 fully saturated rings. The van der Waals surface area contributed by atoms with E-state index in [4.69, 9.17) is 4.74 Å². The summed E-state index contributed by atoms with van der Waals surface area (Å²) in [7, 11) is 0. The van der Waals surface area contributed by atoms with Crippen LogP contribution in [0.5, 0.6) is 0 Å². The molecule has 0 amide bonds. The minimum absolute atomic E-state index is 0. The fraction of sp³-hybridized carbons (Fsp3) is 0.684. The van der Waals surface area contributed by atoms with Crippen LogP contribution in [0.25, 0.3) is 0 Å². The maximum absolute atomic E-state index is 10.6. The van der Waals surface area contributed by atoms with Crippen LogP contribution in [0.3, 0.4) is 0 Å². The molecule has 1 radical (unpaired) electrons. The van der Waals surface area contributed by atoms with E-state index >= 15 is 0 Å². The normalized spacial score (nSPS) is 8.90. The van der Waals surface area contributed by atoms with Crippen molar-refractivity contribution < 1.29 is 70.5 Å². The van der Waals surface area contributed by atoms with Crippen LogP contribution in [0.4, 0.5) is 0 Å². The molecular weight excluding hydrogens is 436 g/mol. The maximum Gasteiger partial charge on any atom is 3.00 e. The van der Waals surface area contributed by atoms with Crippen molar-refractivity contribution in [1.29, 1.82) is 0 Å². The summed E-state index contributed by atoms with van der Waals surface area (Å²) in [6, 6.07) is 0. The van der Waals surface area contributed by atoms with Crippen LogP contribution in [-0.2, 0) is 55.2 Å². The van der Waals surface area contributed by atoms with E-state index in [0.29, 0.717) is 32.3 Å². The van der Waals surface area contributed by atoms with Gasteiger partial charge in [-0.25, -0.2) is 0 Å².